The summed E-state index contributed by atoms with van der Waals surface area (Å²) in [4.78, 5) is 39.2. The highest BCUT2D eigenvalue weighted by Gasteiger charge is 2.32. The SMILES string of the molecule is CC1CN(C(=O)OC(C)(C)C)CCN1C(=O)c1ccc(-c2cc3ncnc(N[C@H](CO)c4ccccc4)c3s2)cc1. The highest BCUT2D eigenvalue weighted by atomic mass is 32.1. The van der Waals surface area contributed by atoms with Crippen LogP contribution in [0, 0.1) is 0 Å². The first-order valence-corrected chi connectivity index (χ1v) is 14.5. The maximum absolute atomic E-state index is 13.3. The van der Waals surface area contributed by atoms with Crippen LogP contribution >= 0.6 is 11.3 Å². The standard InChI is InChI=1S/C31H35N5O4S/c1-20-17-35(30(39)40-31(2,3)4)14-15-36(20)29(38)23-12-10-22(11-13-23)26-16-24-27(41-26)28(33-19-32-24)34-25(18-37)21-8-6-5-7-9-21/h5-13,16,19-20,25,37H,14-15,17-18H2,1-4H3,(H,32,33,34)/t20?,25-/m1/s1. The molecular formula is C31H35N5O4S. The van der Waals surface area contributed by atoms with Gasteiger partial charge in [0.15, 0.2) is 0 Å². The smallest absolute Gasteiger partial charge is 0.410 e. The van der Waals surface area contributed by atoms with Crippen LogP contribution in [0.2, 0.25) is 0 Å². The second kappa shape index (κ2) is 11.8. The lowest BCUT2D eigenvalue weighted by Crippen LogP contribution is -2.56. The average molecular weight is 574 g/mol. The van der Waals surface area contributed by atoms with Crippen molar-refractivity contribution in [3.63, 3.8) is 0 Å². The molecule has 41 heavy (non-hydrogen) atoms. The molecule has 2 atom stereocenters. The molecular weight excluding hydrogens is 538 g/mol. The minimum absolute atomic E-state index is 0.0578. The fraction of sp³-hybridized carbons (Fsp3) is 0.355. The van der Waals surface area contributed by atoms with Gasteiger partial charge in [0.25, 0.3) is 5.91 Å². The molecule has 0 aliphatic carbocycles. The van der Waals surface area contributed by atoms with Crippen molar-refractivity contribution >= 4 is 39.4 Å². The van der Waals surface area contributed by atoms with Crippen molar-refractivity contribution in [1.82, 2.24) is 19.8 Å². The van der Waals surface area contributed by atoms with Crippen molar-refractivity contribution in [3.05, 3.63) is 78.1 Å². The zero-order chi connectivity index (χ0) is 29.1. The number of nitrogens with zero attached hydrogens (tertiary/aromatic N) is 4. The van der Waals surface area contributed by atoms with E-state index in [2.05, 4.69) is 15.3 Å². The van der Waals surface area contributed by atoms with Gasteiger partial charge in [0, 0.05) is 36.1 Å². The van der Waals surface area contributed by atoms with Crippen LogP contribution in [0.15, 0.2) is 67.0 Å². The van der Waals surface area contributed by atoms with Crippen LogP contribution in [0.25, 0.3) is 20.7 Å². The molecule has 0 saturated carbocycles. The van der Waals surface area contributed by atoms with E-state index in [0.717, 1.165) is 26.2 Å². The van der Waals surface area contributed by atoms with Crippen LogP contribution in [0.4, 0.5) is 10.6 Å². The normalized spacial score (nSPS) is 16.5. The van der Waals surface area contributed by atoms with E-state index in [0.29, 0.717) is 31.0 Å². The quantitative estimate of drug-likeness (QED) is 0.310. The zero-order valence-electron chi connectivity index (χ0n) is 23.7. The molecule has 4 aromatic rings. The van der Waals surface area contributed by atoms with Gasteiger partial charge in [-0.25, -0.2) is 14.8 Å². The lowest BCUT2D eigenvalue weighted by molar-refractivity contribution is 0.00617. The molecule has 2 aromatic carbocycles. The number of hydrogen-bond acceptors (Lipinski definition) is 8. The number of ether oxygens (including phenoxy) is 1. The van der Waals surface area contributed by atoms with Crippen LogP contribution in [-0.4, -0.2) is 74.8 Å². The molecule has 0 bridgehead atoms. The van der Waals surface area contributed by atoms with Crippen LogP contribution in [-0.2, 0) is 4.74 Å². The van der Waals surface area contributed by atoms with Crippen molar-refractivity contribution in [1.29, 1.82) is 0 Å². The molecule has 3 heterocycles. The molecule has 214 valence electrons. The number of benzene rings is 2. The molecule has 9 nitrogen and oxygen atoms in total. The van der Waals surface area contributed by atoms with Gasteiger partial charge in [0.2, 0.25) is 0 Å². The number of anilines is 1. The van der Waals surface area contributed by atoms with Crippen molar-refractivity contribution in [2.75, 3.05) is 31.6 Å². The number of thiophene rings is 1. The van der Waals surface area contributed by atoms with E-state index in [1.807, 2.05) is 93.3 Å². The highest BCUT2D eigenvalue weighted by Crippen LogP contribution is 2.37. The monoisotopic (exact) mass is 573 g/mol. The lowest BCUT2D eigenvalue weighted by atomic mass is 10.1. The molecule has 1 unspecified atom stereocenters. The first kappa shape index (κ1) is 28.5. The van der Waals surface area contributed by atoms with Gasteiger partial charge in [-0.15, -0.1) is 11.3 Å². The van der Waals surface area contributed by atoms with Crippen LogP contribution in [0.1, 0.15) is 49.7 Å². The van der Waals surface area contributed by atoms with Crippen molar-refractivity contribution in [2.45, 2.75) is 45.4 Å². The number of aliphatic hydroxyl groups is 1. The van der Waals surface area contributed by atoms with Gasteiger partial charge >= 0.3 is 6.09 Å². The minimum Gasteiger partial charge on any atom is -0.444 e. The van der Waals surface area contributed by atoms with E-state index in [4.69, 9.17) is 4.74 Å². The lowest BCUT2D eigenvalue weighted by Gasteiger charge is -2.40. The van der Waals surface area contributed by atoms with Gasteiger partial charge < -0.3 is 25.0 Å². The van der Waals surface area contributed by atoms with Crippen molar-refractivity contribution in [3.8, 4) is 10.4 Å². The van der Waals surface area contributed by atoms with Gasteiger partial charge in [-0.3, -0.25) is 4.79 Å². The van der Waals surface area contributed by atoms with E-state index in [1.165, 1.54) is 6.33 Å². The summed E-state index contributed by atoms with van der Waals surface area (Å²) in [7, 11) is 0. The molecule has 1 saturated heterocycles. The fourth-order valence-electron chi connectivity index (χ4n) is 4.88. The Kier molecular flexibility index (Phi) is 8.23. The van der Waals surface area contributed by atoms with Crippen LogP contribution in [0.5, 0.6) is 0 Å². The number of nitrogens with one attached hydrogen (secondary N) is 1. The Morgan fingerprint density at radius 3 is 2.49 bits per heavy atom. The van der Waals surface area contributed by atoms with E-state index in [9.17, 15) is 14.7 Å². The van der Waals surface area contributed by atoms with Gasteiger partial charge in [-0.1, -0.05) is 42.5 Å². The number of aromatic nitrogens is 2. The Balaban J connectivity index is 1.29. The maximum atomic E-state index is 13.3. The van der Waals surface area contributed by atoms with E-state index < -0.39 is 5.60 Å². The summed E-state index contributed by atoms with van der Waals surface area (Å²) in [5.74, 6) is 0.609. The summed E-state index contributed by atoms with van der Waals surface area (Å²) in [5.41, 5.74) is 2.80. The van der Waals surface area contributed by atoms with Crippen LogP contribution < -0.4 is 5.32 Å². The fourth-order valence-corrected chi connectivity index (χ4v) is 5.95. The topological polar surface area (TPSA) is 108 Å². The third-order valence-corrected chi connectivity index (χ3v) is 8.14. The molecule has 10 heteroatoms. The van der Waals surface area contributed by atoms with E-state index >= 15 is 0 Å². The Labute approximate surface area is 243 Å². The van der Waals surface area contributed by atoms with Gasteiger partial charge in [0.05, 0.1) is 22.9 Å². The van der Waals surface area contributed by atoms with Gasteiger partial charge in [-0.05, 0) is 57.0 Å². The molecule has 2 amide bonds. The molecule has 2 aromatic heterocycles. The first-order valence-electron chi connectivity index (χ1n) is 13.7. The third-order valence-electron chi connectivity index (χ3n) is 6.96. The molecule has 0 radical (unpaired) electrons. The van der Waals surface area contributed by atoms with Crippen molar-refractivity contribution in [2.24, 2.45) is 0 Å². The summed E-state index contributed by atoms with van der Waals surface area (Å²) < 4.78 is 6.39. The second-order valence-corrected chi connectivity index (χ2v) is 12.2. The summed E-state index contributed by atoms with van der Waals surface area (Å²) in [6.07, 6.45) is 1.17. The Hall–Kier alpha value is -4.02. The molecule has 2 N–H and O–H groups in total. The van der Waals surface area contributed by atoms with Gasteiger partial charge in [0.1, 0.15) is 17.7 Å². The Morgan fingerprint density at radius 2 is 1.83 bits per heavy atom. The average Bonchev–Trinajstić information content (AvgIpc) is 3.40. The number of aliphatic hydroxyl groups excluding tert-OH is 1. The molecule has 1 fully saturated rings. The van der Waals surface area contributed by atoms with E-state index in [1.54, 1.807) is 16.2 Å². The number of hydrogen-bond donors (Lipinski definition) is 2. The first-order chi connectivity index (χ1) is 19.6. The number of carbonyl (C=O) groups excluding carboxylic acids is 2. The summed E-state index contributed by atoms with van der Waals surface area (Å²) >= 11 is 1.56. The van der Waals surface area contributed by atoms with Gasteiger partial charge in [-0.2, -0.15) is 0 Å². The maximum Gasteiger partial charge on any atom is 0.410 e. The molecule has 5 rings (SSSR count). The molecule has 1 aliphatic rings. The third kappa shape index (κ3) is 6.49. The molecule has 1 aliphatic heterocycles. The Morgan fingerprint density at radius 1 is 1.10 bits per heavy atom. The van der Waals surface area contributed by atoms with Crippen molar-refractivity contribution < 1.29 is 19.4 Å². The minimum atomic E-state index is -0.557. The highest BCUT2D eigenvalue weighted by molar-refractivity contribution is 7.22. The number of fused-ring (bicyclic) bond motifs is 1. The van der Waals surface area contributed by atoms with Crippen LogP contribution in [0.3, 0.4) is 0 Å². The number of rotatable bonds is 6. The number of carbonyl (C=O) groups is 2. The van der Waals surface area contributed by atoms with E-state index in [-0.39, 0.29) is 30.7 Å². The molecule has 0 spiro atoms. The predicted octanol–water partition coefficient (Wildman–Crippen LogP) is 5.59. The second-order valence-electron chi connectivity index (χ2n) is 11.2. The summed E-state index contributed by atoms with van der Waals surface area (Å²) in [5, 5.41) is 13.4. The number of piperazine rings is 1. The summed E-state index contributed by atoms with van der Waals surface area (Å²) in [6, 6.07) is 18.9. The predicted molar refractivity (Wildman–Crippen MR) is 161 cm³/mol. The number of amides is 2. The largest absolute Gasteiger partial charge is 0.444 e. The Bertz CT molecular complexity index is 1520. The summed E-state index contributed by atoms with van der Waals surface area (Å²) in [6.45, 7) is 8.73. The zero-order valence-corrected chi connectivity index (χ0v) is 24.5.